The lowest BCUT2D eigenvalue weighted by molar-refractivity contribution is 0.538. The van der Waals surface area contributed by atoms with Crippen molar-refractivity contribution in [1.82, 2.24) is 10.9 Å². The quantitative estimate of drug-likeness (QED) is 0.521. The number of allylic oxidation sites excluding steroid dienone is 3. The second-order valence-corrected chi connectivity index (χ2v) is 2.75. The van der Waals surface area contributed by atoms with Crippen molar-refractivity contribution < 1.29 is 0 Å². The van der Waals surface area contributed by atoms with E-state index in [-0.39, 0.29) is 0 Å². The molecule has 10 heavy (non-hydrogen) atoms. The molecule has 0 saturated heterocycles. The van der Waals surface area contributed by atoms with Crippen LogP contribution in [0.5, 0.6) is 0 Å². The molecule has 0 bridgehead atoms. The van der Waals surface area contributed by atoms with Gasteiger partial charge in [0.1, 0.15) is 0 Å². The highest BCUT2D eigenvalue weighted by molar-refractivity contribution is 5.29. The maximum absolute atomic E-state index is 3.20. The van der Waals surface area contributed by atoms with Crippen LogP contribution in [0.1, 0.15) is 19.3 Å². The summed E-state index contributed by atoms with van der Waals surface area (Å²) in [6, 6.07) is 0. The molecule has 1 aliphatic carbocycles. The van der Waals surface area contributed by atoms with Crippen LogP contribution in [0.4, 0.5) is 0 Å². The van der Waals surface area contributed by atoms with Gasteiger partial charge in [-0.05, 0) is 24.8 Å². The Hall–Kier alpha value is -0.760. The first kappa shape index (κ1) is 5.98. The first-order chi connectivity index (χ1) is 4.97. The van der Waals surface area contributed by atoms with E-state index >= 15 is 0 Å². The van der Waals surface area contributed by atoms with E-state index in [1.165, 1.54) is 30.5 Å². The number of hydrogen-bond donors (Lipinski definition) is 2. The van der Waals surface area contributed by atoms with E-state index in [1.807, 2.05) is 0 Å². The van der Waals surface area contributed by atoms with Crippen molar-refractivity contribution in [2.45, 2.75) is 19.3 Å². The molecule has 2 N–H and O–H groups in total. The average Bonchev–Trinajstić information content (AvgIpc) is 2.05. The van der Waals surface area contributed by atoms with E-state index < -0.39 is 0 Å². The van der Waals surface area contributed by atoms with Crippen molar-refractivity contribution in [3.8, 4) is 0 Å². The van der Waals surface area contributed by atoms with Crippen LogP contribution >= 0.6 is 0 Å². The Morgan fingerprint density at radius 3 is 3.20 bits per heavy atom. The van der Waals surface area contributed by atoms with E-state index in [1.54, 1.807) is 0 Å². The Morgan fingerprint density at radius 1 is 1.30 bits per heavy atom. The number of hydrazine groups is 1. The minimum atomic E-state index is 1.06. The molecule has 0 fully saturated rings. The fraction of sp³-hybridized carbons (Fsp3) is 0.500. The Balaban J connectivity index is 2.23. The Kier molecular flexibility index (Phi) is 1.47. The summed E-state index contributed by atoms with van der Waals surface area (Å²) in [5.41, 5.74) is 9.23. The molecular formula is C8H12N2. The first-order valence-electron chi connectivity index (χ1n) is 3.84. The molecule has 0 saturated carbocycles. The van der Waals surface area contributed by atoms with Crippen LogP contribution in [-0.2, 0) is 0 Å². The summed E-state index contributed by atoms with van der Waals surface area (Å²) in [5.74, 6) is 0. The second kappa shape index (κ2) is 2.46. The van der Waals surface area contributed by atoms with Crippen LogP contribution in [0, 0.1) is 0 Å². The van der Waals surface area contributed by atoms with Crippen LogP contribution in [0.15, 0.2) is 23.4 Å². The van der Waals surface area contributed by atoms with Gasteiger partial charge in [-0.1, -0.05) is 12.2 Å². The predicted octanol–water partition coefficient (Wildman–Crippen LogP) is 1.09. The van der Waals surface area contributed by atoms with Crippen molar-refractivity contribution in [2.75, 3.05) is 6.54 Å². The molecule has 0 amide bonds. The van der Waals surface area contributed by atoms with Crippen molar-refractivity contribution in [3.63, 3.8) is 0 Å². The number of hydrogen-bond acceptors (Lipinski definition) is 2. The van der Waals surface area contributed by atoms with Crippen LogP contribution < -0.4 is 10.9 Å². The van der Waals surface area contributed by atoms with Gasteiger partial charge in [-0.25, -0.2) is 5.43 Å². The Labute approximate surface area is 61.0 Å². The van der Waals surface area contributed by atoms with Crippen LogP contribution in [-0.4, -0.2) is 6.54 Å². The van der Waals surface area contributed by atoms with Crippen molar-refractivity contribution in [3.05, 3.63) is 23.4 Å². The fourth-order valence-electron chi connectivity index (χ4n) is 1.46. The lowest BCUT2D eigenvalue weighted by Gasteiger charge is -2.23. The lowest BCUT2D eigenvalue weighted by atomic mass is 10.00. The van der Waals surface area contributed by atoms with E-state index in [4.69, 9.17) is 0 Å². The molecule has 0 atom stereocenters. The van der Waals surface area contributed by atoms with E-state index in [0.29, 0.717) is 0 Å². The summed E-state index contributed by atoms with van der Waals surface area (Å²) in [5, 5.41) is 0. The average molecular weight is 136 g/mol. The topological polar surface area (TPSA) is 24.1 Å². The third-order valence-electron chi connectivity index (χ3n) is 2.03. The SMILES string of the molecule is C1=CC2=C(CC1)NNCC2. The minimum absolute atomic E-state index is 1.06. The third-order valence-corrected chi connectivity index (χ3v) is 2.03. The van der Waals surface area contributed by atoms with E-state index in [9.17, 15) is 0 Å². The normalized spacial score (nSPS) is 24.0. The summed E-state index contributed by atoms with van der Waals surface area (Å²) in [4.78, 5) is 0. The summed E-state index contributed by atoms with van der Waals surface area (Å²) >= 11 is 0. The Morgan fingerprint density at radius 2 is 2.30 bits per heavy atom. The van der Waals surface area contributed by atoms with Crippen molar-refractivity contribution in [2.24, 2.45) is 0 Å². The van der Waals surface area contributed by atoms with Gasteiger partial charge in [0.05, 0.1) is 0 Å². The molecule has 0 radical (unpaired) electrons. The maximum Gasteiger partial charge on any atom is 0.0297 e. The first-order valence-corrected chi connectivity index (χ1v) is 3.84. The number of nitrogens with one attached hydrogen (secondary N) is 2. The van der Waals surface area contributed by atoms with Crippen LogP contribution in [0.2, 0.25) is 0 Å². The van der Waals surface area contributed by atoms with E-state index in [0.717, 1.165) is 6.54 Å². The number of rotatable bonds is 0. The zero-order valence-corrected chi connectivity index (χ0v) is 5.98. The zero-order valence-electron chi connectivity index (χ0n) is 5.98. The summed E-state index contributed by atoms with van der Waals surface area (Å²) in [6.45, 7) is 1.06. The molecule has 2 aliphatic rings. The highest BCUT2D eigenvalue weighted by atomic mass is 15.4. The molecule has 2 heteroatoms. The molecule has 1 aliphatic heterocycles. The Bertz CT molecular complexity index is 191. The molecule has 2 rings (SSSR count). The molecule has 2 nitrogen and oxygen atoms in total. The zero-order chi connectivity index (χ0) is 6.81. The van der Waals surface area contributed by atoms with Gasteiger partial charge in [0, 0.05) is 12.2 Å². The third kappa shape index (κ3) is 0.948. The molecule has 0 spiro atoms. The summed E-state index contributed by atoms with van der Waals surface area (Å²) in [7, 11) is 0. The smallest absolute Gasteiger partial charge is 0.0297 e. The monoisotopic (exact) mass is 136 g/mol. The summed E-state index contributed by atoms with van der Waals surface area (Å²) in [6.07, 6.45) is 8.05. The van der Waals surface area contributed by atoms with Gasteiger partial charge in [0.15, 0.2) is 0 Å². The second-order valence-electron chi connectivity index (χ2n) is 2.75. The van der Waals surface area contributed by atoms with Gasteiger partial charge < -0.3 is 5.43 Å². The highest BCUT2D eigenvalue weighted by Gasteiger charge is 2.10. The highest BCUT2D eigenvalue weighted by Crippen LogP contribution is 2.20. The van der Waals surface area contributed by atoms with Gasteiger partial charge >= 0.3 is 0 Å². The molecule has 54 valence electrons. The molecular weight excluding hydrogens is 124 g/mol. The maximum atomic E-state index is 3.20. The molecule has 0 aromatic rings. The largest absolute Gasteiger partial charge is 0.325 e. The van der Waals surface area contributed by atoms with Crippen LogP contribution in [0.3, 0.4) is 0 Å². The van der Waals surface area contributed by atoms with Crippen molar-refractivity contribution >= 4 is 0 Å². The van der Waals surface area contributed by atoms with Crippen molar-refractivity contribution in [1.29, 1.82) is 0 Å². The van der Waals surface area contributed by atoms with Gasteiger partial charge in [-0.3, -0.25) is 0 Å². The fourth-order valence-corrected chi connectivity index (χ4v) is 1.46. The molecule has 0 aromatic carbocycles. The predicted molar refractivity (Wildman–Crippen MR) is 41.2 cm³/mol. The van der Waals surface area contributed by atoms with Gasteiger partial charge in [0.2, 0.25) is 0 Å². The van der Waals surface area contributed by atoms with Gasteiger partial charge in [-0.2, -0.15) is 0 Å². The lowest BCUT2D eigenvalue weighted by Crippen LogP contribution is -2.37. The molecule has 0 unspecified atom stereocenters. The van der Waals surface area contributed by atoms with E-state index in [2.05, 4.69) is 23.0 Å². The van der Waals surface area contributed by atoms with Gasteiger partial charge in [-0.15, -0.1) is 0 Å². The standard InChI is InChI=1S/C8H12N2/c1-2-4-8-7(3-1)5-6-9-10-8/h1,3,9-10H,2,4-6H2. The minimum Gasteiger partial charge on any atom is -0.325 e. The summed E-state index contributed by atoms with van der Waals surface area (Å²) < 4.78 is 0. The molecule has 0 aromatic heterocycles. The van der Waals surface area contributed by atoms with Gasteiger partial charge in [0.25, 0.3) is 0 Å². The molecule has 1 heterocycles. The van der Waals surface area contributed by atoms with Crippen LogP contribution in [0.25, 0.3) is 0 Å².